The van der Waals surface area contributed by atoms with Crippen molar-refractivity contribution in [1.29, 1.82) is 0 Å². The summed E-state index contributed by atoms with van der Waals surface area (Å²) in [4.78, 5) is 9.99. The van der Waals surface area contributed by atoms with Gasteiger partial charge in [-0.2, -0.15) is 11.8 Å². The van der Waals surface area contributed by atoms with E-state index in [0.29, 0.717) is 0 Å². The Morgan fingerprint density at radius 3 is 2.64 bits per heavy atom. The fourth-order valence-electron chi connectivity index (χ4n) is 3.41. The van der Waals surface area contributed by atoms with E-state index in [0.717, 1.165) is 56.5 Å². The highest BCUT2D eigenvalue weighted by Gasteiger charge is 2.23. The Bertz CT molecular complexity index is 378. The molecule has 0 radical (unpaired) electrons. The molecule has 2 heterocycles. The van der Waals surface area contributed by atoms with Crippen LogP contribution in [0.25, 0.3) is 0 Å². The van der Waals surface area contributed by atoms with Crippen LogP contribution in [-0.2, 0) is 4.74 Å². The molecule has 2 aliphatic rings. The Hall–Kier alpha value is 0.270. The first-order valence-electron chi connectivity index (χ1n) is 9.62. The van der Waals surface area contributed by atoms with E-state index >= 15 is 0 Å². The van der Waals surface area contributed by atoms with Gasteiger partial charge in [0.1, 0.15) is 0 Å². The third-order valence-corrected chi connectivity index (χ3v) is 6.42. The molecular weight excluding hydrogens is 447 g/mol. The molecule has 1 atom stereocenters. The second-order valence-electron chi connectivity index (χ2n) is 6.82. The molecule has 25 heavy (non-hydrogen) atoms. The summed E-state index contributed by atoms with van der Waals surface area (Å²) in [6, 6.07) is 0. The zero-order chi connectivity index (χ0) is 17.2. The molecule has 2 rings (SSSR count). The maximum absolute atomic E-state index is 5.18. The molecular formula is C18H37IN4OS. The number of methoxy groups -OCH3 is 1. The summed E-state index contributed by atoms with van der Waals surface area (Å²) in [5, 5.41) is 4.27. The van der Waals surface area contributed by atoms with E-state index in [1.54, 1.807) is 7.11 Å². The average Bonchev–Trinajstić information content (AvgIpc) is 2.64. The van der Waals surface area contributed by atoms with Crippen molar-refractivity contribution in [2.45, 2.75) is 38.4 Å². The molecule has 0 amide bonds. The molecule has 2 fully saturated rings. The van der Waals surface area contributed by atoms with Gasteiger partial charge in [-0.1, -0.05) is 6.92 Å². The third-order valence-electron chi connectivity index (χ3n) is 5.05. The van der Waals surface area contributed by atoms with E-state index in [1.165, 1.54) is 38.1 Å². The molecule has 0 aliphatic carbocycles. The van der Waals surface area contributed by atoms with Crippen molar-refractivity contribution in [3.8, 4) is 0 Å². The highest BCUT2D eigenvalue weighted by Crippen LogP contribution is 2.22. The lowest BCUT2D eigenvalue weighted by atomic mass is 9.97. The van der Waals surface area contributed by atoms with Crippen molar-refractivity contribution < 1.29 is 4.74 Å². The minimum Gasteiger partial charge on any atom is -0.383 e. The fourth-order valence-corrected chi connectivity index (χ4v) is 4.59. The predicted octanol–water partition coefficient (Wildman–Crippen LogP) is 2.76. The SMILES string of the molecule is CCNC(=NCC1CCN(CCOC)CC1)N1CCSC(CC)C1.I. The van der Waals surface area contributed by atoms with E-state index in [9.17, 15) is 0 Å². The fraction of sp³-hybridized carbons (Fsp3) is 0.944. The van der Waals surface area contributed by atoms with Crippen LogP contribution in [0.2, 0.25) is 0 Å². The summed E-state index contributed by atoms with van der Waals surface area (Å²) in [5.74, 6) is 3.09. The Labute approximate surface area is 175 Å². The maximum Gasteiger partial charge on any atom is 0.193 e. The normalized spacial score (nSPS) is 23.4. The molecule has 0 saturated carbocycles. The number of ether oxygens (including phenoxy) is 1. The molecule has 5 nitrogen and oxygen atoms in total. The second-order valence-corrected chi connectivity index (χ2v) is 8.23. The lowest BCUT2D eigenvalue weighted by molar-refractivity contribution is 0.121. The largest absolute Gasteiger partial charge is 0.383 e. The zero-order valence-electron chi connectivity index (χ0n) is 16.2. The molecule has 0 spiro atoms. The van der Waals surface area contributed by atoms with Crippen LogP contribution in [0.5, 0.6) is 0 Å². The molecule has 1 unspecified atom stereocenters. The topological polar surface area (TPSA) is 40.1 Å². The number of piperidine rings is 1. The Kier molecular flexibility index (Phi) is 12.5. The standard InChI is InChI=1S/C18H36N4OS.HI/c1-4-17-15-22(11-13-24-17)18(19-5-2)20-14-16-6-8-21(9-7-16)10-12-23-3;/h16-17H,4-15H2,1-3H3,(H,19,20);1H. The third kappa shape index (κ3) is 8.22. The number of likely N-dealkylation sites (tertiary alicyclic amines) is 1. The summed E-state index contributed by atoms with van der Waals surface area (Å²) in [6.07, 6.45) is 3.78. The van der Waals surface area contributed by atoms with E-state index in [-0.39, 0.29) is 24.0 Å². The summed E-state index contributed by atoms with van der Waals surface area (Å²) in [6.45, 7) is 13.0. The highest BCUT2D eigenvalue weighted by molar-refractivity contribution is 14.0. The first-order valence-corrected chi connectivity index (χ1v) is 10.7. The van der Waals surface area contributed by atoms with Crippen LogP contribution in [0.1, 0.15) is 33.1 Å². The van der Waals surface area contributed by atoms with Gasteiger partial charge in [-0.15, -0.1) is 24.0 Å². The van der Waals surface area contributed by atoms with Crippen LogP contribution < -0.4 is 5.32 Å². The summed E-state index contributed by atoms with van der Waals surface area (Å²) in [5.41, 5.74) is 0. The monoisotopic (exact) mass is 484 g/mol. The van der Waals surface area contributed by atoms with Crippen molar-refractivity contribution in [2.24, 2.45) is 10.9 Å². The van der Waals surface area contributed by atoms with Gasteiger partial charge < -0.3 is 19.9 Å². The van der Waals surface area contributed by atoms with Crippen molar-refractivity contribution in [3.05, 3.63) is 0 Å². The number of aliphatic imine (C=N–C) groups is 1. The first kappa shape index (κ1) is 23.3. The smallest absolute Gasteiger partial charge is 0.193 e. The number of rotatable bonds is 7. The molecule has 0 bridgehead atoms. The average molecular weight is 484 g/mol. The van der Waals surface area contributed by atoms with Crippen LogP contribution >= 0.6 is 35.7 Å². The summed E-state index contributed by atoms with van der Waals surface area (Å²) < 4.78 is 5.18. The molecule has 0 aromatic rings. The second kappa shape index (κ2) is 13.4. The maximum atomic E-state index is 5.18. The van der Waals surface area contributed by atoms with E-state index in [1.807, 2.05) is 0 Å². The lowest BCUT2D eigenvalue weighted by Gasteiger charge is -2.35. The van der Waals surface area contributed by atoms with Crippen LogP contribution in [0.15, 0.2) is 4.99 Å². The van der Waals surface area contributed by atoms with E-state index < -0.39 is 0 Å². The summed E-state index contributed by atoms with van der Waals surface area (Å²) >= 11 is 2.12. The Morgan fingerprint density at radius 2 is 2.00 bits per heavy atom. The van der Waals surface area contributed by atoms with Crippen molar-refractivity contribution in [2.75, 3.05) is 65.3 Å². The predicted molar refractivity (Wildman–Crippen MR) is 121 cm³/mol. The number of hydrogen-bond donors (Lipinski definition) is 1. The van der Waals surface area contributed by atoms with Gasteiger partial charge in [0.25, 0.3) is 0 Å². The number of nitrogens with one attached hydrogen (secondary N) is 1. The van der Waals surface area contributed by atoms with Crippen LogP contribution in [0.3, 0.4) is 0 Å². The van der Waals surface area contributed by atoms with Gasteiger partial charge in [-0.05, 0) is 45.2 Å². The minimum atomic E-state index is 0. The minimum absolute atomic E-state index is 0. The van der Waals surface area contributed by atoms with Gasteiger partial charge in [0.15, 0.2) is 5.96 Å². The number of halogens is 1. The van der Waals surface area contributed by atoms with Gasteiger partial charge in [0, 0.05) is 50.8 Å². The van der Waals surface area contributed by atoms with Gasteiger partial charge in [0.05, 0.1) is 6.61 Å². The lowest BCUT2D eigenvalue weighted by Crippen LogP contribution is -2.48. The molecule has 0 aromatic heterocycles. The molecule has 7 heteroatoms. The van der Waals surface area contributed by atoms with E-state index in [4.69, 9.17) is 9.73 Å². The quantitative estimate of drug-likeness (QED) is 0.342. The van der Waals surface area contributed by atoms with Crippen molar-refractivity contribution >= 4 is 41.7 Å². The highest BCUT2D eigenvalue weighted by atomic mass is 127. The first-order chi connectivity index (χ1) is 11.8. The van der Waals surface area contributed by atoms with Gasteiger partial charge in [-0.3, -0.25) is 4.99 Å². The number of nitrogens with zero attached hydrogens (tertiary/aromatic N) is 3. The van der Waals surface area contributed by atoms with Crippen molar-refractivity contribution in [1.82, 2.24) is 15.1 Å². The zero-order valence-corrected chi connectivity index (χ0v) is 19.4. The van der Waals surface area contributed by atoms with Crippen molar-refractivity contribution in [3.63, 3.8) is 0 Å². The van der Waals surface area contributed by atoms with Crippen LogP contribution in [-0.4, -0.2) is 86.3 Å². The molecule has 148 valence electrons. The Balaban J connectivity index is 0.00000312. The molecule has 2 aliphatic heterocycles. The van der Waals surface area contributed by atoms with Crippen LogP contribution in [0, 0.1) is 5.92 Å². The number of guanidine groups is 1. The Morgan fingerprint density at radius 1 is 1.24 bits per heavy atom. The van der Waals surface area contributed by atoms with Gasteiger partial charge in [-0.25, -0.2) is 0 Å². The number of hydrogen-bond acceptors (Lipinski definition) is 4. The molecule has 2 saturated heterocycles. The van der Waals surface area contributed by atoms with Gasteiger partial charge in [0.2, 0.25) is 0 Å². The van der Waals surface area contributed by atoms with Crippen LogP contribution in [0.4, 0.5) is 0 Å². The molecule has 0 aromatic carbocycles. The van der Waals surface area contributed by atoms with E-state index in [2.05, 4.69) is 40.7 Å². The van der Waals surface area contributed by atoms with Gasteiger partial charge >= 0.3 is 0 Å². The molecule has 1 N–H and O–H groups in total. The summed E-state index contributed by atoms with van der Waals surface area (Å²) in [7, 11) is 1.78. The number of thioether (sulfide) groups is 1.